The van der Waals surface area contributed by atoms with Gasteiger partial charge in [-0.1, -0.05) is 19.4 Å². The summed E-state index contributed by atoms with van der Waals surface area (Å²) in [5, 5.41) is 3.11. The van der Waals surface area contributed by atoms with E-state index in [1.165, 1.54) is 18.2 Å². The van der Waals surface area contributed by atoms with Crippen molar-refractivity contribution in [1.82, 2.24) is 4.31 Å². The van der Waals surface area contributed by atoms with Crippen LogP contribution >= 0.6 is 0 Å². The maximum atomic E-state index is 13.1. The monoisotopic (exact) mass is 468 g/mol. The predicted octanol–water partition coefficient (Wildman–Crippen LogP) is 4.62. The van der Waals surface area contributed by atoms with Crippen molar-refractivity contribution in [3.8, 4) is 0 Å². The summed E-state index contributed by atoms with van der Waals surface area (Å²) >= 11 is 0. The second kappa shape index (κ2) is 9.11. The van der Waals surface area contributed by atoms with E-state index in [4.69, 9.17) is 4.42 Å². The van der Waals surface area contributed by atoms with Crippen molar-refractivity contribution >= 4 is 32.6 Å². The Bertz CT molecular complexity index is 1360. The maximum Gasteiger partial charge on any atom is 0.291 e. The molecule has 2 aromatic carbocycles. The number of hydrogen-bond acceptors (Lipinski definition) is 5. The summed E-state index contributed by atoms with van der Waals surface area (Å²) in [6.45, 7) is 6.28. The minimum atomic E-state index is -3.60. The number of hydrogen-bond donors (Lipinski definition) is 1. The van der Waals surface area contributed by atoms with Gasteiger partial charge in [0, 0.05) is 24.3 Å². The fraction of sp³-hybridized carbons (Fsp3) is 0.360. The molecule has 33 heavy (non-hydrogen) atoms. The average molecular weight is 469 g/mol. The van der Waals surface area contributed by atoms with E-state index < -0.39 is 15.9 Å². The van der Waals surface area contributed by atoms with Crippen molar-refractivity contribution in [2.45, 2.75) is 57.4 Å². The highest BCUT2D eigenvalue weighted by Gasteiger charge is 2.32. The second-order valence-electron chi connectivity index (χ2n) is 8.51. The quantitative estimate of drug-likeness (QED) is 0.590. The first kappa shape index (κ1) is 23.2. The van der Waals surface area contributed by atoms with Crippen molar-refractivity contribution < 1.29 is 17.6 Å². The maximum absolute atomic E-state index is 13.1. The molecule has 1 unspecified atom stereocenters. The van der Waals surface area contributed by atoms with Crippen molar-refractivity contribution in [2.75, 3.05) is 11.9 Å². The summed E-state index contributed by atoms with van der Waals surface area (Å²) in [7, 11) is -3.60. The van der Waals surface area contributed by atoms with Crippen LogP contribution in [-0.2, 0) is 10.0 Å². The van der Waals surface area contributed by atoms with Gasteiger partial charge in [0.2, 0.25) is 10.0 Å². The topological polar surface area (TPSA) is 96.7 Å². The number of rotatable bonds is 5. The Morgan fingerprint density at radius 3 is 2.55 bits per heavy atom. The molecule has 1 atom stereocenters. The Hall–Kier alpha value is -2.97. The lowest BCUT2D eigenvalue weighted by atomic mass is 10.0. The van der Waals surface area contributed by atoms with E-state index in [1.54, 1.807) is 22.5 Å². The Morgan fingerprint density at radius 2 is 1.85 bits per heavy atom. The third-order valence-electron chi connectivity index (χ3n) is 6.40. The molecule has 0 radical (unpaired) electrons. The largest absolute Gasteiger partial charge is 0.450 e. The molecule has 8 heteroatoms. The van der Waals surface area contributed by atoms with Crippen LogP contribution < -0.4 is 10.7 Å². The lowest BCUT2D eigenvalue weighted by molar-refractivity contribution is 0.0997. The van der Waals surface area contributed by atoms with E-state index >= 15 is 0 Å². The number of amides is 1. The van der Waals surface area contributed by atoms with Crippen molar-refractivity contribution in [1.29, 1.82) is 0 Å². The summed E-state index contributed by atoms with van der Waals surface area (Å²) in [6, 6.07) is 10.8. The number of benzene rings is 2. The lowest BCUT2D eigenvalue weighted by Gasteiger charge is -2.34. The first-order valence-corrected chi connectivity index (χ1v) is 12.6. The van der Waals surface area contributed by atoms with Crippen molar-refractivity contribution in [2.24, 2.45) is 0 Å². The van der Waals surface area contributed by atoms with Gasteiger partial charge in [0.05, 0.1) is 10.3 Å². The van der Waals surface area contributed by atoms with Crippen molar-refractivity contribution in [3.05, 3.63) is 69.6 Å². The standard InChI is InChI=1S/C25H28N2O5S/c1-4-19-7-5-6-14-27(19)33(30,31)20-11-9-18(10-12-20)26-25(29)23-15-22(28)21-13-8-16(2)17(3)24(21)32-23/h8-13,15,19H,4-7,14H2,1-3H3,(H,26,29). The molecular formula is C25H28N2O5S. The molecule has 3 aromatic rings. The first-order chi connectivity index (χ1) is 15.7. The fourth-order valence-electron chi connectivity index (χ4n) is 4.30. The zero-order valence-electron chi connectivity index (χ0n) is 19.1. The number of carbonyl (C=O) groups excluding carboxylic acids is 1. The molecule has 0 spiro atoms. The van der Waals surface area contributed by atoms with Crippen LogP contribution in [0.5, 0.6) is 0 Å². The lowest BCUT2D eigenvalue weighted by Crippen LogP contribution is -2.43. The number of carbonyl (C=O) groups is 1. The highest BCUT2D eigenvalue weighted by molar-refractivity contribution is 7.89. The van der Waals surface area contributed by atoms with Gasteiger partial charge in [-0.3, -0.25) is 9.59 Å². The summed E-state index contributed by atoms with van der Waals surface area (Å²) < 4.78 is 33.6. The Labute approximate surface area is 193 Å². The molecule has 1 N–H and O–H groups in total. The minimum absolute atomic E-state index is 0.0195. The van der Waals surface area contributed by atoms with E-state index in [2.05, 4.69) is 5.32 Å². The van der Waals surface area contributed by atoms with Gasteiger partial charge in [0.1, 0.15) is 5.58 Å². The van der Waals surface area contributed by atoms with Gasteiger partial charge in [0.15, 0.2) is 11.2 Å². The smallest absolute Gasteiger partial charge is 0.291 e. The Balaban J connectivity index is 1.56. The van der Waals surface area contributed by atoms with E-state index in [0.29, 0.717) is 23.2 Å². The molecule has 1 aliphatic rings. The van der Waals surface area contributed by atoms with Crippen LogP contribution in [0, 0.1) is 13.8 Å². The van der Waals surface area contributed by atoms with Crippen LogP contribution in [0.15, 0.2) is 56.6 Å². The summed E-state index contributed by atoms with van der Waals surface area (Å²) in [5.41, 5.74) is 2.27. The number of aryl methyl sites for hydroxylation is 2. The van der Waals surface area contributed by atoms with E-state index in [-0.39, 0.29) is 22.1 Å². The second-order valence-corrected chi connectivity index (χ2v) is 10.4. The highest BCUT2D eigenvalue weighted by atomic mass is 32.2. The van der Waals surface area contributed by atoms with Gasteiger partial charge in [0.25, 0.3) is 5.91 Å². The zero-order valence-corrected chi connectivity index (χ0v) is 19.9. The molecule has 1 saturated heterocycles. The molecule has 0 saturated carbocycles. The van der Waals surface area contributed by atoms with Crippen LogP contribution in [0.3, 0.4) is 0 Å². The van der Waals surface area contributed by atoms with Crippen LogP contribution in [0.1, 0.15) is 54.3 Å². The number of sulfonamides is 1. The molecular weight excluding hydrogens is 440 g/mol. The molecule has 1 fully saturated rings. The van der Waals surface area contributed by atoms with Crippen LogP contribution in [0.2, 0.25) is 0 Å². The molecule has 174 valence electrons. The first-order valence-electron chi connectivity index (χ1n) is 11.2. The van der Waals surface area contributed by atoms with Gasteiger partial charge in [-0.2, -0.15) is 4.31 Å². The van der Waals surface area contributed by atoms with Crippen LogP contribution in [0.25, 0.3) is 11.0 Å². The molecule has 1 aliphatic heterocycles. The van der Waals surface area contributed by atoms with Gasteiger partial charge in [-0.15, -0.1) is 0 Å². The van der Waals surface area contributed by atoms with Crippen LogP contribution in [0.4, 0.5) is 5.69 Å². The fourth-order valence-corrected chi connectivity index (χ4v) is 6.07. The third-order valence-corrected chi connectivity index (χ3v) is 8.37. The van der Waals surface area contributed by atoms with Crippen LogP contribution in [-0.4, -0.2) is 31.2 Å². The van der Waals surface area contributed by atoms with Gasteiger partial charge in [-0.05, 0) is 74.6 Å². The average Bonchev–Trinajstić information content (AvgIpc) is 2.81. The van der Waals surface area contributed by atoms with E-state index in [1.807, 2.05) is 26.8 Å². The number of anilines is 1. The third kappa shape index (κ3) is 4.45. The van der Waals surface area contributed by atoms with Gasteiger partial charge < -0.3 is 9.73 Å². The SMILES string of the molecule is CCC1CCCCN1S(=O)(=O)c1ccc(NC(=O)c2cc(=O)c3ccc(C)c(C)c3o2)cc1. The normalized spacial score (nSPS) is 17.2. The molecule has 2 heterocycles. The summed E-state index contributed by atoms with van der Waals surface area (Å²) in [4.78, 5) is 25.4. The van der Waals surface area contributed by atoms with E-state index in [9.17, 15) is 18.0 Å². The number of piperidine rings is 1. The highest BCUT2D eigenvalue weighted by Crippen LogP contribution is 2.28. The molecule has 1 amide bonds. The number of nitrogens with one attached hydrogen (secondary N) is 1. The summed E-state index contributed by atoms with van der Waals surface area (Å²) in [5.74, 6) is -0.676. The van der Waals surface area contributed by atoms with E-state index in [0.717, 1.165) is 36.8 Å². The number of fused-ring (bicyclic) bond motifs is 1. The minimum Gasteiger partial charge on any atom is -0.450 e. The zero-order chi connectivity index (χ0) is 23.8. The molecule has 0 bridgehead atoms. The van der Waals surface area contributed by atoms with Gasteiger partial charge >= 0.3 is 0 Å². The summed E-state index contributed by atoms with van der Waals surface area (Å²) in [6.07, 6.45) is 3.56. The molecule has 7 nitrogen and oxygen atoms in total. The molecule has 4 rings (SSSR count). The number of nitrogens with zero attached hydrogens (tertiary/aromatic N) is 1. The Morgan fingerprint density at radius 1 is 1.12 bits per heavy atom. The van der Waals surface area contributed by atoms with Crippen molar-refractivity contribution in [3.63, 3.8) is 0 Å². The van der Waals surface area contributed by atoms with Gasteiger partial charge in [-0.25, -0.2) is 8.42 Å². The Kier molecular flexibility index (Phi) is 6.41. The predicted molar refractivity (Wildman–Crippen MR) is 128 cm³/mol. The molecule has 0 aliphatic carbocycles. The molecule has 1 aromatic heterocycles.